The molecule has 0 aliphatic carbocycles. The highest BCUT2D eigenvalue weighted by atomic mass is 16.1. The molecule has 0 aliphatic heterocycles. The lowest BCUT2D eigenvalue weighted by Crippen LogP contribution is -2.21. The minimum absolute atomic E-state index is 0.00192. The van der Waals surface area contributed by atoms with Crippen LogP contribution in [0.15, 0.2) is 24.3 Å². The summed E-state index contributed by atoms with van der Waals surface area (Å²) in [6, 6.07) is 7.81. The Labute approximate surface area is 109 Å². The lowest BCUT2D eigenvalue weighted by Gasteiger charge is -2.14. The van der Waals surface area contributed by atoms with Gasteiger partial charge in [-0.3, -0.25) is 4.79 Å². The monoisotopic (exact) mass is 249 g/mol. The van der Waals surface area contributed by atoms with Crippen LogP contribution in [0.2, 0.25) is 0 Å². The molecule has 0 bridgehead atoms. The van der Waals surface area contributed by atoms with Gasteiger partial charge < -0.3 is 16.0 Å². The Kier molecular flexibility index (Phi) is 5.65. The van der Waals surface area contributed by atoms with E-state index in [9.17, 15) is 4.79 Å². The van der Waals surface area contributed by atoms with Crippen molar-refractivity contribution in [1.29, 1.82) is 0 Å². The Morgan fingerprint density at radius 3 is 2.44 bits per heavy atom. The molecule has 1 amide bonds. The van der Waals surface area contributed by atoms with Crippen molar-refractivity contribution in [3.63, 3.8) is 0 Å². The van der Waals surface area contributed by atoms with Crippen molar-refractivity contribution in [2.24, 2.45) is 11.7 Å². The van der Waals surface area contributed by atoms with Crippen molar-refractivity contribution in [2.75, 3.05) is 30.9 Å². The summed E-state index contributed by atoms with van der Waals surface area (Å²) in [6.45, 7) is 2.56. The molecule has 18 heavy (non-hydrogen) atoms. The van der Waals surface area contributed by atoms with E-state index in [2.05, 4.69) is 5.32 Å². The number of nitrogens with two attached hydrogens (primary N) is 1. The molecule has 1 unspecified atom stereocenters. The predicted octanol–water partition coefficient (Wildman–Crippen LogP) is 2.07. The minimum Gasteiger partial charge on any atom is -0.378 e. The SMILES string of the molecule is CC(CCCN)C(=O)Nc1ccc(N(C)C)cc1. The van der Waals surface area contributed by atoms with Crippen LogP contribution in [0.3, 0.4) is 0 Å². The van der Waals surface area contributed by atoms with Gasteiger partial charge in [-0.1, -0.05) is 6.92 Å². The summed E-state index contributed by atoms with van der Waals surface area (Å²) >= 11 is 0. The van der Waals surface area contributed by atoms with Crippen molar-refractivity contribution in [1.82, 2.24) is 0 Å². The minimum atomic E-state index is 0.00192. The van der Waals surface area contributed by atoms with Crippen molar-refractivity contribution < 1.29 is 4.79 Å². The zero-order chi connectivity index (χ0) is 13.5. The van der Waals surface area contributed by atoms with Crippen molar-refractivity contribution >= 4 is 17.3 Å². The van der Waals surface area contributed by atoms with Gasteiger partial charge in [0.25, 0.3) is 0 Å². The van der Waals surface area contributed by atoms with Gasteiger partial charge in [-0.15, -0.1) is 0 Å². The number of nitrogens with zero attached hydrogens (tertiary/aromatic N) is 1. The first kappa shape index (κ1) is 14.5. The fraction of sp³-hybridized carbons (Fsp3) is 0.500. The van der Waals surface area contributed by atoms with E-state index in [-0.39, 0.29) is 11.8 Å². The van der Waals surface area contributed by atoms with Gasteiger partial charge in [0.1, 0.15) is 0 Å². The van der Waals surface area contributed by atoms with Crippen molar-refractivity contribution in [3.8, 4) is 0 Å². The predicted molar refractivity (Wildman–Crippen MR) is 76.9 cm³/mol. The van der Waals surface area contributed by atoms with Gasteiger partial charge in [0.05, 0.1) is 0 Å². The van der Waals surface area contributed by atoms with Crippen LogP contribution < -0.4 is 16.0 Å². The van der Waals surface area contributed by atoms with Crippen LogP contribution in [0.1, 0.15) is 19.8 Å². The number of rotatable bonds is 6. The summed E-state index contributed by atoms with van der Waals surface area (Å²) in [5.74, 6) is 0.0585. The number of anilines is 2. The second kappa shape index (κ2) is 7.01. The highest BCUT2D eigenvalue weighted by Gasteiger charge is 2.12. The molecule has 1 aromatic rings. The van der Waals surface area contributed by atoms with Gasteiger partial charge in [-0.05, 0) is 43.7 Å². The van der Waals surface area contributed by atoms with Crippen LogP contribution in [0, 0.1) is 5.92 Å². The van der Waals surface area contributed by atoms with Gasteiger partial charge in [-0.25, -0.2) is 0 Å². The van der Waals surface area contributed by atoms with Crippen LogP contribution in [-0.2, 0) is 4.79 Å². The topological polar surface area (TPSA) is 58.4 Å². The molecule has 100 valence electrons. The third kappa shape index (κ3) is 4.37. The molecule has 1 atom stereocenters. The van der Waals surface area contributed by atoms with Gasteiger partial charge in [-0.2, -0.15) is 0 Å². The molecule has 0 spiro atoms. The molecule has 0 aliphatic rings. The molecule has 0 aromatic heterocycles. The molecule has 3 N–H and O–H groups in total. The first-order chi connectivity index (χ1) is 8.54. The Morgan fingerprint density at radius 2 is 1.94 bits per heavy atom. The number of amides is 1. The molecular weight excluding hydrogens is 226 g/mol. The first-order valence-corrected chi connectivity index (χ1v) is 6.33. The largest absolute Gasteiger partial charge is 0.378 e. The molecule has 0 heterocycles. The smallest absolute Gasteiger partial charge is 0.227 e. The summed E-state index contributed by atoms with van der Waals surface area (Å²) in [6.07, 6.45) is 1.71. The van der Waals surface area contributed by atoms with Crippen LogP contribution in [0.4, 0.5) is 11.4 Å². The van der Waals surface area contributed by atoms with E-state index in [1.807, 2.05) is 50.2 Å². The van der Waals surface area contributed by atoms with Crippen LogP contribution >= 0.6 is 0 Å². The second-order valence-electron chi connectivity index (χ2n) is 4.76. The first-order valence-electron chi connectivity index (χ1n) is 6.33. The van der Waals surface area contributed by atoms with Gasteiger partial charge >= 0.3 is 0 Å². The van der Waals surface area contributed by atoms with Crippen LogP contribution in [-0.4, -0.2) is 26.5 Å². The molecule has 0 fully saturated rings. The number of carbonyl (C=O) groups excluding carboxylic acids is 1. The summed E-state index contributed by atoms with van der Waals surface area (Å²) < 4.78 is 0. The molecular formula is C14H23N3O. The van der Waals surface area contributed by atoms with E-state index in [1.54, 1.807) is 0 Å². The number of hydrogen-bond donors (Lipinski definition) is 2. The molecule has 0 radical (unpaired) electrons. The van der Waals surface area contributed by atoms with E-state index >= 15 is 0 Å². The Morgan fingerprint density at radius 1 is 1.33 bits per heavy atom. The average molecular weight is 249 g/mol. The Balaban J connectivity index is 2.53. The van der Waals surface area contributed by atoms with E-state index in [1.165, 1.54) is 0 Å². The molecule has 4 nitrogen and oxygen atoms in total. The molecule has 0 saturated heterocycles. The van der Waals surface area contributed by atoms with Crippen molar-refractivity contribution in [2.45, 2.75) is 19.8 Å². The zero-order valence-electron chi connectivity index (χ0n) is 11.4. The van der Waals surface area contributed by atoms with Crippen LogP contribution in [0.25, 0.3) is 0 Å². The second-order valence-corrected chi connectivity index (χ2v) is 4.76. The van der Waals surface area contributed by atoms with E-state index in [0.717, 1.165) is 24.2 Å². The Hall–Kier alpha value is -1.55. The molecule has 4 heteroatoms. The Bertz CT molecular complexity index is 373. The van der Waals surface area contributed by atoms with Gasteiger partial charge in [0.2, 0.25) is 5.91 Å². The zero-order valence-corrected chi connectivity index (χ0v) is 11.4. The van der Waals surface area contributed by atoms with Crippen molar-refractivity contribution in [3.05, 3.63) is 24.3 Å². The van der Waals surface area contributed by atoms with E-state index in [4.69, 9.17) is 5.73 Å². The summed E-state index contributed by atoms with van der Waals surface area (Å²) in [4.78, 5) is 13.9. The lowest BCUT2D eigenvalue weighted by molar-refractivity contribution is -0.119. The number of benzene rings is 1. The maximum atomic E-state index is 11.9. The number of hydrogen-bond acceptors (Lipinski definition) is 3. The molecule has 1 aromatic carbocycles. The average Bonchev–Trinajstić information content (AvgIpc) is 2.36. The standard InChI is InChI=1S/C14H23N3O/c1-11(5-4-10-15)14(18)16-12-6-8-13(9-7-12)17(2)3/h6-9,11H,4-5,10,15H2,1-3H3,(H,16,18). The van der Waals surface area contributed by atoms with E-state index < -0.39 is 0 Å². The number of carbonyl (C=O) groups is 1. The lowest BCUT2D eigenvalue weighted by atomic mass is 10.0. The fourth-order valence-electron chi connectivity index (χ4n) is 1.66. The summed E-state index contributed by atoms with van der Waals surface area (Å²) in [5, 5.41) is 2.92. The van der Waals surface area contributed by atoms with Crippen LogP contribution in [0.5, 0.6) is 0 Å². The fourth-order valence-corrected chi connectivity index (χ4v) is 1.66. The van der Waals surface area contributed by atoms with Gasteiger partial charge in [0, 0.05) is 31.4 Å². The molecule has 0 saturated carbocycles. The summed E-state index contributed by atoms with van der Waals surface area (Å²) in [7, 11) is 3.98. The number of nitrogens with one attached hydrogen (secondary N) is 1. The highest BCUT2D eigenvalue weighted by molar-refractivity contribution is 5.92. The maximum absolute atomic E-state index is 11.9. The van der Waals surface area contributed by atoms with Gasteiger partial charge in [0.15, 0.2) is 0 Å². The third-order valence-electron chi connectivity index (χ3n) is 2.94. The highest BCUT2D eigenvalue weighted by Crippen LogP contribution is 2.17. The normalized spacial score (nSPS) is 12.0. The summed E-state index contributed by atoms with van der Waals surface area (Å²) in [5.41, 5.74) is 7.39. The maximum Gasteiger partial charge on any atom is 0.227 e. The molecule has 1 rings (SSSR count). The third-order valence-corrected chi connectivity index (χ3v) is 2.94. The quantitative estimate of drug-likeness (QED) is 0.811. The van der Waals surface area contributed by atoms with E-state index in [0.29, 0.717) is 6.54 Å².